The zero-order valence-corrected chi connectivity index (χ0v) is 34.5. The first kappa shape index (κ1) is 41.2. The molecule has 0 spiro atoms. The van der Waals surface area contributed by atoms with Gasteiger partial charge in [-0.15, -0.1) is 0 Å². The highest BCUT2D eigenvalue weighted by Gasteiger charge is 2.36. The number of morpholine rings is 1. The van der Waals surface area contributed by atoms with Crippen molar-refractivity contribution in [1.82, 2.24) is 19.3 Å². The van der Waals surface area contributed by atoms with Crippen molar-refractivity contribution >= 4 is 23.6 Å². The van der Waals surface area contributed by atoms with Crippen LogP contribution in [-0.2, 0) is 49.8 Å². The van der Waals surface area contributed by atoms with Crippen molar-refractivity contribution in [3.8, 4) is 22.8 Å². The fourth-order valence-electron chi connectivity index (χ4n) is 9.31. The SMILES string of the molecule is CN(C(=O)c1cc(-c2cc3c(cc2C(=O)N2Cc4ccccc4C[C@H]2CN2CCOCC2)CN(C(=O)Oc2ccc(C(F)(F)F)cc2)CC3)n2c1CCCC2)c1ccc(O)cc1. The van der Waals surface area contributed by atoms with E-state index in [1.54, 1.807) is 36.2 Å². The summed E-state index contributed by atoms with van der Waals surface area (Å²) in [5.41, 5.74) is 7.23. The van der Waals surface area contributed by atoms with E-state index in [9.17, 15) is 27.9 Å². The lowest BCUT2D eigenvalue weighted by Crippen LogP contribution is -2.52. The topological polar surface area (TPSA) is 108 Å². The number of anilines is 1. The first-order valence-electron chi connectivity index (χ1n) is 21.2. The number of fused-ring (bicyclic) bond motifs is 3. The van der Waals surface area contributed by atoms with Crippen LogP contribution in [0.5, 0.6) is 11.5 Å². The molecule has 0 radical (unpaired) electrons. The quantitative estimate of drug-likeness (QED) is 0.177. The fourth-order valence-corrected chi connectivity index (χ4v) is 9.31. The molecule has 3 amide bonds. The molecule has 1 N–H and O–H groups in total. The minimum Gasteiger partial charge on any atom is -0.508 e. The van der Waals surface area contributed by atoms with Crippen molar-refractivity contribution < 1.29 is 42.1 Å². The summed E-state index contributed by atoms with van der Waals surface area (Å²) in [7, 11) is 1.71. The number of phenols is 1. The van der Waals surface area contributed by atoms with Gasteiger partial charge in [-0.3, -0.25) is 14.5 Å². The smallest absolute Gasteiger partial charge is 0.416 e. The summed E-state index contributed by atoms with van der Waals surface area (Å²) in [5, 5.41) is 9.91. The van der Waals surface area contributed by atoms with Crippen LogP contribution < -0.4 is 9.64 Å². The lowest BCUT2D eigenvalue weighted by atomic mass is 9.89. The normalized spacial score (nSPS) is 17.8. The highest BCUT2D eigenvalue weighted by atomic mass is 19.4. The molecule has 14 heteroatoms. The predicted molar refractivity (Wildman–Crippen MR) is 226 cm³/mol. The maximum absolute atomic E-state index is 15.5. The number of aromatic nitrogens is 1. The molecule has 0 unspecified atom stereocenters. The summed E-state index contributed by atoms with van der Waals surface area (Å²) >= 11 is 0. The molecule has 9 rings (SSSR count). The van der Waals surface area contributed by atoms with E-state index in [1.165, 1.54) is 10.5 Å². The van der Waals surface area contributed by atoms with Gasteiger partial charge in [0.25, 0.3) is 11.8 Å². The van der Waals surface area contributed by atoms with Crippen molar-refractivity contribution in [3.63, 3.8) is 0 Å². The monoisotopic (exact) mass is 847 g/mol. The average Bonchev–Trinajstić information content (AvgIpc) is 3.67. The lowest BCUT2D eigenvalue weighted by Gasteiger charge is -2.41. The highest BCUT2D eigenvalue weighted by Crippen LogP contribution is 2.38. The number of carbonyl (C=O) groups is 3. The number of alkyl halides is 3. The largest absolute Gasteiger partial charge is 0.508 e. The number of aromatic hydroxyl groups is 1. The zero-order chi connectivity index (χ0) is 43.1. The van der Waals surface area contributed by atoms with E-state index < -0.39 is 17.8 Å². The summed E-state index contributed by atoms with van der Waals surface area (Å²) in [6.07, 6.45) is -1.58. The van der Waals surface area contributed by atoms with E-state index in [4.69, 9.17) is 9.47 Å². The van der Waals surface area contributed by atoms with E-state index >= 15 is 4.79 Å². The molecule has 4 aliphatic heterocycles. The summed E-state index contributed by atoms with van der Waals surface area (Å²) in [6.45, 7) is 4.99. The van der Waals surface area contributed by atoms with Gasteiger partial charge in [-0.05, 0) is 121 Å². The Morgan fingerprint density at radius 2 is 1.55 bits per heavy atom. The second-order valence-electron chi connectivity index (χ2n) is 16.6. The van der Waals surface area contributed by atoms with E-state index in [2.05, 4.69) is 21.6 Å². The Morgan fingerprint density at radius 1 is 0.806 bits per heavy atom. The molecule has 5 heterocycles. The van der Waals surface area contributed by atoms with Crippen LogP contribution in [0.4, 0.5) is 23.7 Å². The second-order valence-corrected chi connectivity index (χ2v) is 16.6. The molecule has 4 aliphatic rings. The molecule has 1 fully saturated rings. The molecule has 322 valence electrons. The van der Waals surface area contributed by atoms with Crippen molar-refractivity contribution in [2.24, 2.45) is 0 Å². The first-order valence-corrected chi connectivity index (χ1v) is 21.2. The number of benzene rings is 4. The lowest BCUT2D eigenvalue weighted by molar-refractivity contribution is -0.137. The third-order valence-electron chi connectivity index (χ3n) is 12.7. The van der Waals surface area contributed by atoms with Crippen LogP contribution in [0.15, 0.2) is 91.0 Å². The van der Waals surface area contributed by atoms with E-state index in [1.807, 2.05) is 35.2 Å². The Balaban J connectivity index is 1.10. The molecule has 1 saturated heterocycles. The number of rotatable bonds is 7. The molecule has 62 heavy (non-hydrogen) atoms. The van der Waals surface area contributed by atoms with E-state index in [-0.39, 0.29) is 42.4 Å². The number of carbonyl (C=O) groups excluding carboxylic acids is 3. The van der Waals surface area contributed by atoms with Gasteiger partial charge in [-0.2, -0.15) is 13.2 Å². The third kappa shape index (κ3) is 8.28. The van der Waals surface area contributed by atoms with Gasteiger partial charge >= 0.3 is 12.3 Å². The molecular formula is C48H48F3N5O6. The van der Waals surface area contributed by atoms with Crippen LogP contribution in [0.3, 0.4) is 0 Å². The maximum atomic E-state index is 15.5. The van der Waals surface area contributed by atoms with Crippen LogP contribution in [0.25, 0.3) is 11.3 Å². The number of phenolic OH excluding ortho intramolecular Hbond substituents is 1. The van der Waals surface area contributed by atoms with Crippen molar-refractivity contribution in [3.05, 3.63) is 136 Å². The van der Waals surface area contributed by atoms with Crippen LogP contribution in [-0.4, -0.2) is 94.8 Å². The van der Waals surface area contributed by atoms with Crippen molar-refractivity contribution in [2.75, 3.05) is 51.3 Å². The Kier molecular flexibility index (Phi) is 11.3. The van der Waals surface area contributed by atoms with Gasteiger partial charge in [-0.25, -0.2) is 4.79 Å². The van der Waals surface area contributed by atoms with E-state index in [0.29, 0.717) is 74.5 Å². The number of hydrogen-bond acceptors (Lipinski definition) is 7. The van der Waals surface area contributed by atoms with Crippen molar-refractivity contribution in [1.29, 1.82) is 0 Å². The van der Waals surface area contributed by atoms with Gasteiger partial charge in [0.05, 0.1) is 24.3 Å². The van der Waals surface area contributed by atoms with Gasteiger partial charge in [0.1, 0.15) is 11.5 Å². The molecule has 5 aromatic rings. The number of hydrogen-bond donors (Lipinski definition) is 1. The standard InChI is InChI=1S/C48H48F3N5O6/c1-52(36-11-13-38(57)14-12-36)45(58)42-27-44(55-18-5-4-8-43(42)55)40-25-32-17-19-54(47(60)62-39-15-9-35(10-16-39)48(49,50)51)28-34(32)26-41(40)46(59)56-29-33-7-3-2-6-31(33)24-37(56)30-53-20-22-61-23-21-53/h2-3,6-7,9-16,25-27,37,57H,4-5,8,17-24,28-30H2,1H3/t37-/m0/s1. The van der Waals surface area contributed by atoms with Crippen LogP contribution in [0.1, 0.15) is 67.1 Å². The number of ether oxygens (including phenoxy) is 2. The average molecular weight is 848 g/mol. The van der Waals surface area contributed by atoms with Gasteiger partial charge in [0, 0.05) is 87.1 Å². The Morgan fingerprint density at radius 3 is 2.29 bits per heavy atom. The molecule has 0 bridgehead atoms. The third-order valence-corrected chi connectivity index (χ3v) is 12.7. The van der Waals surface area contributed by atoms with Crippen LogP contribution >= 0.6 is 0 Å². The van der Waals surface area contributed by atoms with Gasteiger partial charge in [-0.1, -0.05) is 24.3 Å². The van der Waals surface area contributed by atoms with Crippen molar-refractivity contribution in [2.45, 2.75) is 64.0 Å². The van der Waals surface area contributed by atoms with Gasteiger partial charge in [0.15, 0.2) is 0 Å². The summed E-state index contributed by atoms with van der Waals surface area (Å²) in [5.74, 6) is -0.248. The minimum atomic E-state index is -4.52. The zero-order valence-electron chi connectivity index (χ0n) is 34.5. The molecule has 1 atom stereocenters. The molecular weight excluding hydrogens is 800 g/mol. The second kappa shape index (κ2) is 17.0. The first-order chi connectivity index (χ1) is 29.9. The molecule has 1 aromatic heterocycles. The Hall–Kier alpha value is -6.12. The highest BCUT2D eigenvalue weighted by molar-refractivity contribution is 6.08. The number of halogens is 3. The fraction of sp³-hybridized carbons (Fsp3) is 0.354. The molecule has 11 nitrogen and oxygen atoms in total. The summed E-state index contributed by atoms with van der Waals surface area (Å²) < 4.78 is 53.0. The summed E-state index contributed by atoms with van der Waals surface area (Å²) in [4.78, 5) is 50.8. The minimum absolute atomic E-state index is 0.00360. The predicted octanol–water partition coefficient (Wildman–Crippen LogP) is 7.95. The number of nitrogens with zero attached hydrogens (tertiary/aromatic N) is 5. The maximum Gasteiger partial charge on any atom is 0.416 e. The molecule has 4 aromatic carbocycles. The number of amides is 3. The van der Waals surface area contributed by atoms with Gasteiger partial charge in [0.2, 0.25) is 0 Å². The van der Waals surface area contributed by atoms with Crippen LogP contribution in [0.2, 0.25) is 0 Å². The Bertz CT molecular complexity index is 2500. The van der Waals surface area contributed by atoms with Crippen LogP contribution in [0, 0.1) is 0 Å². The summed E-state index contributed by atoms with van der Waals surface area (Å²) in [6, 6.07) is 24.5. The molecule has 0 aliphatic carbocycles. The van der Waals surface area contributed by atoms with Gasteiger partial charge < -0.3 is 33.8 Å². The molecule has 0 saturated carbocycles. The Labute approximate surface area is 357 Å². The van der Waals surface area contributed by atoms with E-state index in [0.717, 1.165) is 78.3 Å².